The van der Waals surface area contributed by atoms with Crippen LogP contribution in [0.4, 0.5) is 0 Å². The number of carbonyl (C=O) groups is 3. The molecule has 0 atom stereocenters. The number of pyridine rings is 1. The molecule has 158 valence electrons. The van der Waals surface area contributed by atoms with Gasteiger partial charge in [0.25, 0.3) is 0 Å². The number of nitrogens with one attached hydrogen (secondary N) is 1. The van der Waals surface area contributed by atoms with Crippen LogP contribution in [0.3, 0.4) is 0 Å². The molecule has 1 aromatic carbocycles. The van der Waals surface area contributed by atoms with Crippen molar-refractivity contribution in [1.29, 1.82) is 0 Å². The molecule has 8 heteroatoms. The Morgan fingerprint density at radius 3 is 2.26 bits per heavy atom. The summed E-state index contributed by atoms with van der Waals surface area (Å²) in [6.07, 6.45) is 4.73. The van der Waals surface area contributed by atoms with Gasteiger partial charge in [-0.1, -0.05) is 18.2 Å². The molecule has 1 aliphatic heterocycles. The lowest BCUT2D eigenvalue weighted by Gasteiger charge is -2.28. The fourth-order valence-corrected chi connectivity index (χ4v) is 3.89. The zero-order valence-electron chi connectivity index (χ0n) is 17.3. The standard InChI is InChI=1S/C23H21N3O5/c1-13(27)26-11-17(22(28)30-2)16(18(12-26)23(29)31-3)10-20-21-15(8-9-24-20)14-6-4-5-7-19(14)25-21/h4-9,11-12,16,25H,10H2,1-3H3. The van der Waals surface area contributed by atoms with Crippen molar-refractivity contribution in [3.63, 3.8) is 0 Å². The van der Waals surface area contributed by atoms with Gasteiger partial charge in [0, 0.05) is 54.1 Å². The van der Waals surface area contributed by atoms with Gasteiger partial charge in [-0.25, -0.2) is 9.59 Å². The Hall–Kier alpha value is -3.94. The van der Waals surface area contributed by atoms with Gasteiger partial charge in [0.1, 0.15) is 0 Å². The highest BCUT2D eigenvalue weighted by Crippen LogP contribution is 2.34. The van der Waals surface area contributed by atoms with E-state index in [0.29, 0.717) is 5.69 Å². The molecule has 3 heterocycles. The van der Waals surface area contributed by atoms with E-state index in [1.54, 1.807) is 6.20 Å². The third-order valence-electron chi connectivity index (χ3n) is 5.42. The number of amides is 1. The van der Waals surface area contributed by atoms with E-state index in [1.165, 1.54) is 38.4 Å². The van der Waals surface area contributed by atoms with Crippen molar-refractivity contribution in [1.82, 2.24) is 14.9 Å². The van der Waals surface area contributed by atoms with Gasteiger partial charge in [0.05, 0.1) is 36.6 Å². The molecule has 1 amide bonds. The number of para-hydroxylation sites is 1. The summed E-state index contributed by atoms with van der Waals surface area (Å²) in [5.41, 5.74) is 2.82. The molecule has 0 bridgehead atoms. The van der Waals surface area contributed by atoms with E-state index >= 15 is 0 Å². The lowest BCUT2D eigenvalue weighted by Crippen LogP contribution is -2.32. The van der Waals surface area contributed by atoms with Crippen LogP contribution in [0.25, 0.3) is 21.8 Å². The van der Waals surface area contributed by atoms with Crippen LogP contribution in [-0.2, 0) is 30.3 Å². The van der Waals surface area contributed by atoms with Gasteiger partial charge in [-0.2, -0.15) is 0 Å². The number of nitrogens with zero attached hydrogens (tertiary/aromatic N) is 2. The third-order valence-corrected chi connectivity index (χ3v) is 5.42. The Balaban J connectivity index is 1.85. The minimum atomic E-state index is -0.694. The molecule has 0 radical (unpaired) electrons. The van der Waals surface area contributed by atoms with Crippen LogP contribution in [-0.4, -0.2) is 46.9 Å². The number of aromatic amines is 1. The number of methoxy groups -OCH3 is 2. The molecule has 0 spiro atoms. The summed E-state index contributed by atoms with van der Waals surface area (Å²) in [5.74, 6) is -2.30. The fraction of sp³-hybridized carbons (Fsp3) is 0.217. The molecule has 3 aromatic rings. The molecule has 1 aliphatic rings. The van der Waals surface area contributed by atoms with Crippen LogP contribution >= 0.6 is 0 Å². The van der Waals surface area contributed by atoms with Crippen molar-refractivity contribution >= 4 is 39.7 Å². The molecule has 31 heavy (non-hydrogen) atoms. The summed E-state index contributed by atoms with van der Waals surface area (Å²) in [4.78, 5) is 46.2. The summed E-state index contributed by atoms with van der Waals surface area (Å²) in [5, 5.41) is 2.05. The highest BCUT2D eigenvalue weighted by Gasteiger charge is 2.35. The van der Waals surface area contributed by atoms with Crippen LogP contribution in [0, 0.1) is 5.92 Å². The van der Waals surface area contributed by atoms with E-state index in [9.17, 15) is 14.4 Å². The quantitative estimate of drug-likeness (QED) is 0.653. The maximum Gasteiger partial charge on any atom is 0.335 e. The topological polar surface area (TPSA) is 102 Å². The molecule has 8 nitrogen and oxygen atoms in total. The maximum absolute atomic E-state index is 12.6. The molecule has 2 aromatic heterocycles. The van der Waals surface area contributed by atoms with Gasteiger partial charge in [0.2, 0.25) is 5.91 Å². The van der Waals surface area contributed by atoms with Crippen LogP contribution in [0.5, 0.6) is 0 Å². The Morgan fingerprint density at radius 1 is 1.00 bits per heavy atom. The smallest absolute Gasteiger partial charge is 0.335 e. The molecule has 0 saturated carbocycles. The Morgan fingerprint density at radius 2 is 1.65 bits per heavy atom. The number of hydrogen-bond donors (Lipinski definition) is 1. The highest BCUT2D eigenvalue weighted by atomic mass is 16.5. The van der Waals surface area contributed by atoms with Gasteiger partial charge >= 0.3 is 11.9 Å². The summed E-state index contributed by atoms with van der Waals surface area (Å²) in [6.45, 7) is 1.34. The first-order valence-corrected chi connectivity index (χ1v) is 9.67. The zero-order chi connectivity index (χ0) is 22.1. The van der Waals surface area contributed by atoms with Crippen molar-refractivity contribution in [3.05, 3.63) is 65.8 Å². The molecule has 0 unspecified atom stereocenters. The SMILES string of the molecule is COC(=O)C1=CN(C(C)=O)C=C(C(=O)OC)C1Cc1nccc2c1[nH]c1ccccc12. The average Bonchev–Trinajstić information content (AvgIpc) is 3.17. The second-order valence-corrected chi connectivity index (χ2v) is 7.19. The molecule has 4 rings (SSSR count). The Bertz CT molecular complexity index is 1240. The summed E-state index contributed by atoms with van der Waals surface area (Å²) >= 11 is 0. The fourth-order valence-electron chi connectivity index (χ4n) is 3.89. The molecular formula is C23H21N3O5. The third kappa shape index (κ3) is 3.56. The van der Waals surface area contributed by atoms with Crippen LogP contribution < -0.4 is 0 Å². The largest absolute Gasteiger partial charge is 0.466 e. The minimum Gasteiger partial charge on any atom is -0.466 e. The summed E-state index contributed by atoms with van der Waals surface area (Å²) < 4.78 is 9.86. The number of H-pyrrole nitrogens is 1. The molecule has 0 aliphatic carbocycles. The number of hydrogen-bond acceptors (Lipinski definition) is 6. The van der Waals surface area contributed by atoms with Crippen molar-refractivity contribution < 1.29 is 23.9 Å². The van der Waals surface area contributed by atoms with E-state index in [2.05, 4.69) is 9.97 Å². The predicted octanol–water partition coefficient (Wildman–Crippen LogP) is 2.85. The van der Waals surface area contributed by atoms with E-state index in [4.69, 9.17) is 9.47 Å². The van der Waals surface area contributed by atoms with E-state index in [0.717, 1.165) is 21.8 Å². The number of ether oxygens (including phenoxy) is 2. The number of fused-ring (bicyclic) bond motifs is 3. The van der Waals surface area contributed by atoms with Crippen molar-refractivity contribution in [2.75, 3.05) is 14.2 Å². The van der Waals surface area contributed by atoms with Gasteiger partial charge in [0.15, 0.2) is 0 Å². The van der Waals surface area contributed by atoms with Gasteiger partial charge < -0.3 is 14.5 Å². The summed E-state index contributed by atoms with van der Waals surface area (Å²) in [6, 6.07) is 9.82. The van der Waals surface area contributed by atoms with Crippen molar-refractivity contribution in [2.45, 2.75) is 13.3 Å². The monoisotopic (exact) mass is 419 g/mol. The van der Waals surface area contributed by atoms with Crippen molar-refractivity contribution in [2.24, 2.45) is 5.92 Å². The number of esters is 2. The van der Waals surface area contributed by atoms with E-state index in [1.807, 2.05) is 30.3 Å². The van der Waals surface area contributed by atoms with Crippen LogP contribution in [0.15, 0.2) is 60.1 Å². The first kappa shape index (κ1) is 20.3. The van der Waals surface area contributed by atoms with Gasteiger partial charge in [-0.15, -0.1) is 0 Å². The number of aromatic nitrogens is 2. The van der Waals surface area contributed by atoms with E-state index < -0.39 is 17.9 Å². The zero-order valence-corrected chi connectivity index (χ0v) is 17.3. The molecule has 0 fully saturated rings. The predicted molar refractivity (Wildman–Crippen MR) is 114 cm³/mol. The Labute approximate surface area is 178 Å². The van der Waals surface area contributed by atoms with Gasteiger partial charge in [-0.3, -0.25) is 14.7 Å². The molecular weight excluding hydrogens is 398 g/mol. The van der Waals surface area contributed by atoms with Crippen molar-refractivity contribution in [3.8, 4) is 0 Å². The summed E-state index contributed by atoms with van der Waals surface area (Å²) in [7, 11) is 2.51. The number of rotatable bonds is 4. The second kappa shape index (κ2) is 8.06. The highest BCUT2D eigenvalue weighted by molar-refractivity contribution is 6.08. The normalized spacial score (nSPS) is 14.4. The maximum atomic E-state index is 12.6. The van der Waals surface area contributed by atoms with Crippen LogP contribution in [0.1, 0.15) is 12.6 Å². The lowest BCUT2D eigenvalue weighted by molar-refractivity contribution is -0.137. The van der Waals surface area contributed by atoms with Crippen LogP contribution in [0.2, 0.25) is 0 Å². The van der Waals surface area contributed by atoms with E-state index in [-0.39, 0.29) is 23.5 Å². The number of carbonyl (C=O) groups excluding carboxylic acids is 3. The average molecular weight is 419 g/mol. The molecule has 0 saturated heterocycles. The minimum absolute atomic E-state index is 0.176. The lowest BCUT2D eigenvalue weighted by atomic mass is 9.85. The first-order chi connectivity index (χ1) is 14.9. The first-order valence-electron chi connectivity index (χ1n) is 9.67. The number of benzene rings is 1. The second-order valence-electron chi connectivity index (χ2n) is 7.19. The Kier molecular flexibility index (Phi) is 5.29. The molecule has 1 N–H and O–H groups in total. The van der Waals surface area contributed by atoms with Gasteiger partial charge in [-0.05, 0) is 12.1 Å².